The maximum absolute atomic E-state index is 14.1. The fraction of sp³-hybridized carbons (Fsp3) is 0.364. The summed E-state index contributed by atoms with van der Waals surface area (Å²) in [4.78, 5) is 0. The third-order valence-electron chi connectivity index (χ3n) is 2.73. The summed E-state index contributed by atoms with van der Waals surface area (Å²) in [5, 5.41) is 9.32. The minimum Gasteiger partial charge on any atom is -0.239 e. The Bertz CT molecular complexity index is 404. The molecule has 1 aliphatic carbocycles. The first kappa shape index (κ1) is 9.48. The van der Waals surface area contributed by atoms with Gasteiger partial charge in [0.2, 0.25) is 0 Å². The molecule has 0 radical (unpaired) electrons. The van der Waals surface area contributed by atoms with E-state index in [1.165, 1.54) is 0 Å². The van der Waals surface area contributed by atoms with Crippen molar-refractivity contribution in [2.24, 2.45) is 0 Å². The van der Waals surface area contributed by atoms with Crippen molar-refractivity contribution < 1.29 is 4.39 Å². The highest BCUT2D eigenvalue weighted by Gasteiger charge is 2.40. The molecule has 1 aliphatic rings. The lowest BCUT2D eigenvalue weighted by Gasteiger charge is -2.34. The molecule has 0 aliphatic heterocycles. The zero-order valence-electron chi connectivity index (χ0n) is 7.56. The molecule has 1 aromatic rings. The van der Waals surface area contributed by atoms with Gasteiger partial charge in [0.1, 0.15) is 5.67 Å². The molecular weight excluding hydrogens is 201 g/mol. The summed E-state index contributed by atoms with van der Waals surface area (Å²) in [6, 6.07) is 6.76. The van der Waals surface area contributed by atoms with Crippen LogP contribution in [0.2, 0.25) is 5.02 Å². The van der Waals surface area contributed by atoms with Crippen LogP contribution in [0.5, 0.6) is 0 Å². The highest BCUT2D eigenvalue weighted by Crippen LogP contribution is 2.46. The van der Waals surface area contributed by atoms with Crippen LogP contribution in [0.15, 0.2) is 18.2 Å². The largest absolute Gasteiger partial charge is 0.239 e. The Morgan fingerprint density at radius 1 is 1.43 bits per heavy atom. The zero-order chi connectivity index (χ0) is 10.2. The molecule has 1 saturated carbocycles. The van der Waals surface area contributed by atoms with Crippen LogP contribution in [-0.2, 0) is 5.67 Å². The fourth-order valence-electron chi connectivity index (χ4n) is 1.74. The lowest BCUT2D eigenvalue weighted by atomic mass is 9.75. The molecule has 2 rings (SSSR count). The Balaban J connectivity index is 2.50. The van der Waals surface area contributed by atoms with Gasteiger partial charge < -0.3 is 0 Å². The molecule has 1 nitrogen and oxygen atoms in total. The van der Waals surface area contributed by atoms with Crippen molar-refractivity contribution >= 4 is 11.6 Å². The van der Waals surface area contributed by atoms with Crippen molar-refractivity contribution in [2.45, 2.75) is 24.9 Å². The van der Waals surface area contributed by atoms with Crippen molar-refractivity contribution in [1.82, 2.24) is 0 Å². The molecule has 1 fully saturated rings. The molecular formula is C11H9ClFN. The van der Waals surface area contributed by atoms with Crippen molar-refractivity contribution in [1.29, 1.82) is 5.26 Å². The summed E-state index contributed by atoms with van der Waals surface area (Å²) in [6.07, 6.45) is 1.89. The quantitative estimate of drug-likeness (QED) is 0.694. The van der Waals surface area contributed by atoms with Crippen LogP contribution >= 0.6 is 11.6 Å². The lowest BCUT2D eigenvalue weighted by Crippen LogP contribution is -2.29. The standard InChI is InChI=1S/C11H9ClFN/c12-9-3-2-8(7-14)10(6-9)11(13)4-1-5-11/h2-3,6H,1,4-5H2. The van der Waals surface area contributed by atoms with Crippen LogP contribution in [0.4, 0.5) is 4.39 Å². The van der Waals surface area contributed by atoms with E-state index in [4.69, 9.17) is 16.9 Å². The molecule has 0 N–H and O–H groups in total. The Morgan fingerprint density at radius 3 is 2.64 bits per heavy atom. The summed E-state index contributed by atoms with van der Waals surface area (Å²) in [6.45, 7) is 0. The number of nitrogens with zero attached hydrogens (tertiary/aromatic N) is 1. The van der Waals surface area contributed by atoms with Gasteiger partial charge in [-0.3, -0.25) is 0 Å². The van der Waals surface area contributed by atoms with Crippen molar-refractivity contribution in [3.63, 3.8) is 0 Å². The summed E-state index contributed by atoms with van der Waals surface area (Å²) in [5.74, 6) is 0. The Morgan fingerprint density at radius 2 is 2.14 bits per heavy atom. The van der Waals surface area contributed by atoms with Crippen LogP contribution in [0.25, 0.3) is 0 Å². The van der Waals surface area contributed by atoms with E-state index in [0.717, 1.165) is 6.42 Å². The van der Waals surface area contributed by atoms with E-state index in [-0.39, 0.29) is 0 Å². The van der Waals surface area contributed by atoms with E-state index in [0.29, 0.717) is 29.0 Å². The predicted octanol–water partition coefficient (Wildman–Crippen LogP) is 3.56. The normalized spacial score (nSPS) is 18.4. The smallest absolute Gasteiger partial charge is 0.137 e. The second-order valence-electron chi connectivity index (χ2n) is 3.62. The summed E-state index contributed by atoms with van der Waals surface area (Å²) < 4.78 is 14.1. The molecule has 0 heterocycles. The number of nitriles is 1. The highest BCUT2D eigenvalue weighted by atomic mass is 35.5. The van der Waals surface area contributed by atoms with Gasteiger partial charge in [-0.25, -0.2) is 4.39 Å². The minimum absolute atomic E-state index is 0.400. The predicted molar refractivity (Wildman–Crippen MR) is 52.8 cm³/mol. The van der Waals surface area contributed by atoms with Crippen LogP contribution in [0, 0.1) is 11.3 Å². The molecule has 0 unspecified atom stereocenters. The van der Waals surface area contributed by atoms with Gasteiger partial charge in [-0.15, -0.1) is 0 Å². The van der Waals surface area contributed by atoms with Crippen LogP contribution in [-0.4, -0.2) is 0 Å². The first-order chi connectivity index (χ1) is 6.65. The van der Waals surface area contributed by atoms with Gasteiger partial charge in [-0.05, 0) is 37.5 Å². The van der Waals surface area contributed by atoms with E-state index in [2.05, 4.69) is 0 Å². The van der Waals surface area contributed by atoms with Gasteiger partial charge in [0.15, 0.2) is 0 Å². The molecule has 0 saturated heterocycles. The monoisotopic (exact) mass is 209 g/mol. The number of hydrogen-bond donors (Lipinski definition) is 0. The molecule has 14 heavy (non-hydrogen) atoms. The molecule has 0 atom stereocenters. The van der Waals surface area contributed by atoms with Gasteiger partial charge >= 0.3 is 0 Å². The van der Waals surface area contributed by atoms with Gasteiger partial charge in [-0.2, -0.15) is 5.26 Å². The number of halogens is 2. The Labute approximate surface area is 87.1 Å². The summed E-state index contributed by atoms with van der Waals surface area (Å²) >= 11 is 5.78. The van der Waals surface area contributed by atoms with E-state index in [9.17, 15) is 4.39 Å². The van der Waals surface area contributed by atoms with E-state index >= 15 is 0 Å². The molecule has 0 spiro atoms. The topological polar surface area (TPSA) is 23.8 Å². The van der Waals surface area contributed by atoms with Crippen molar-refractivity contribution in [3.05, 3.63) is 34.3 Å². The maximum Gasteiger partial charge on any atom is 0.137 e. The average molecular weight is 210 g/mol. The van der Waals surface area contributed by atoms with Gasteiger partial charge in [0.25, 0.3) is 0 Å². The number of rotatable bonds is 1. The minimum atomic E-state index is -1.31. The SMILES string of the molecule is N#Cc1ccc(Cl)cc1C1(F)CCC1. The van der Waals surface area contributed by atoms with Crippen LogP contribution in [0.1, 0.15) is 30.4 Å². The van der Waals surface area contributed by atoms with Crippen molar-refractivity contribution in [2.75, 3.05) is 0 Å². The average Bonchev–Trinajstić information content (AvgIpc) is 2.14. The lowest BCUT2D eigenvalue weighted by molar-refractivity contribution is 0.0606. The second-order valence-corrected chi connectivity index (χ2v) is 4.06. The molecule has 72 valence electrons. The van der Waals surface area contributed by atoms with E-state index < -0.39 is 5.67 Å². The molecule has 0 aromatic heterocycles. The van der Waals surface area contributed by atoms with Crippen LogP contribution < -0.4 is 0 Å². The third kappa shape index (κ3) is 1.38. The molecule has 1 aromatic carbocycles. The van der Waals surface area contributed by atoms with Gasteiger partial charge in [-0.1, -0.05) is 11.6 Å². The highest BCUT2D eigenvalue weighted by molar-refractivity contribution is 6.30. The fourth-order valence-corrected chi connectivity index (χ4v) is 1.91. The number of benzene rings is 1. The second kappa shape index (κ2) is 3.25. The van der Waals surface area contributed by atoms with E-state index in [1.807, 2.05) is 6.07 Å². The number of alkyl halides is 1. The van der Waals surface area contributed by atoms with E-state index in [1.54, 1.807) is 18.2 Å². The van der Waals surface area contributed by atoms with Crippen molar-refractivity contribution in [3.8, 4) is 6.07 Å². The molecule has 3 heteroatoms. The maximum atomic E-state index is 14.1. The first-order valence-corrected chi connectivity index (χ1v) is 4.92. The molecule has 0 amide bonds. The van der Waals surface area contributed by atoms with Crippen LogP contribution in [0.3, 0.4) is 0 Å². The Kier molecular flexibility index (Phi) is 2.20. The Hall–Kier alpha value is -1.07. The number of hydrogen-bond acceptors (Lipinski definition) is 1. The summed E-state index contributed by atoms with van der Waals surface area (Å²) in [5.41, 5.74) is -0.453. The zero-order valence-corrected chi connectivity index (χ0v) is 8.31. The third-order valence-corrected chi connectivity index (χ3v) is 2.97. The first-order valence-electron chi connectivity index (χ1n) is 4.55. The molecule has 0 bridgehead atoms. The summed E-state index contributed by atoms with van der Waals surface area (Å²) in [7, 11) is 0. The van der Waals surface area contributed by atoms with Gasteiger partial charge in [0.05, 0.1) is 11.6 Å². The van der Waals surface area contributed by atoms with Gasteiger partial charge in [0, 0.05) is 10.6 Å².